The van der Waals surface area contributed by atoms with E-state index in [1.54, 1.807) is 12.5 Å². The van der Waals surface area contributed by atoms with E-state index in [9.17, 15) is 10.4 Å². The van der Waals surface area contributed by atoms with Crippen LogP contribution in [0.5, 0.6) is 0 Å². The lowest BCUT2D eigenvalue weighted by Crippen LogP contribution is -2.22. The number of nitriles is 1. The van der Waals surface area contributed by atoms with Gasteiger partial charge < -0.3 is 14.4 Å². The standard InChI is InChI=1S/C23H32N6O2Si/c1-32(2,3)11-10-31-16-28-9-7-20-22(25-15-26-23(20)28)18-13-27-29(14-18)21(6-8-24)17-4-5-19(30)12-17/h7,9,13-15,17,19,21,30H,4-6,10-12,16H2,1-3H3/t17-,19-,21?/m1/s1. The molecular formula is C23H32N6O2Si. The zero-order valence-corrected chi connectivity index (χ0v) is 20.1. The summed E-state index contributed by atoms with van der Waals surface area (Å²) < 4.78 is 9.79. The number of aromatic nitrogens is 5. The molecule has 3 aromatic heterocycles. The highest BCUT2D eigenvalue weighted by Crippen LogP contribution is 2.37. The van der Waals surface area contributed by atoms with Crippen LogP contribution in [0, 0.1) is 17.2 Å². The minimum absolute atomic E-state index is 0.0346. The van der Waals surface area contributed by atoms with Crippen LogP contribution in [0.4, 0.5) is 0 Å². The second kappa shape index (κ2) is 9.53. The summed E-state index contributed by atoms with van der Waals surface area (Å²) in [6.45, 7) is 8.26. The fourth-order valence-corrected chi connectivity index (χ4v) is 5.19. The first-order chi connectivity index (χ1) is 15.4. The second-order valence-electron chi connectivity index (χ2n) is 9.96. The molecular weight excluding hydrogens is 420 g/mol. The van der Waals surface area contributed by atoms with Gasteiger partial charge in [0.2, 0.25) is 0 Å². The number of hydrogen-bond donors (Lipinski definition) is 1. The Balaban J connectivity index is 1.53. The van der Waals surface area contributed by atoms with Crippen molar-refractivity contribution < 1.29 is 9.84 Å². The van der Waals surface area contributed by atoms with Crippen LogP contribution >= 0.6 is 0 Å². The quantitative estimate of drug-likeness (QED) is 0.385. The average Bonchev–Trinajstić information content (AvgIpc) is 3.48. The van der Waals surface area contributed by atoms with Crippen LogP contribution < -0.4 is 0 Å². The summed E-state index contributed by atoms with van der Waals surface area (Å²) in [5.74, 6) is 0.261. The maximum absolute atomic E-state index is 9.94. The Labute approximate surface area is 189 Å². The SMILES string of the molecule is C[Si](C)(C)CCOCn1ccc2c(-c3cnn(C(CC#N)[C@@H]4CC[C@@H](O)C4)c3)ncnc21. The predicted octanol–water partition coefficient (Wildman–Crippen LogP) is 4.22. The Hall–Kier alpha value is -2.54. The lowest BCUT2D eigenvalue weighted by molar-refractivity contribution is 0.0899. The van der Waals surface area contributed by atoms with Gasteiger partial charge in [-0.1, -0.05) is 19.6 Å². The van der Waals surface area contributed by atoms with Crippen LogP contribution in [-0.2, 0) is 11.5 Å². The van der Waals surface area contributed by atoms with Gasteiger partial charge in [0.1, 0.15) is 18.7 Å². The van der Waals surface area contributed by atoms with Crippen molar-refractivity contribution >= 4 is 19.1 Å². The number of hydrogen-bond acceptors (Lipinski definition) is 6. The van der Waals surface area contributed by atoms with Gasteiger partial charge in [-0.15, -0.1) is 0 Å². The Morgan fingerprint density at radius 1 is 1.31 bits per heavy atom. The van der Waals surface area contributed by atoms with E-state index in [1.807, 2.05) is 27.7 Å². The maximum atomic E-state index is 9.94. The Kier molecular flexibility index (Phi) is 6.74. The molecule has 1 unspecified atom stereocenters. The minimum Gasteiger partial charge on any atom is -0.393 e. The van der Waals surface area contributed by atoms with Crippen molar-refractivity contribution in [1.82, 2.24) is 24.3 Å². The molecule has 0 spiro atoms. The van der Waals surface area contributed by atoms with E-state index < -0.39 is 8.07 Å². The molecule has 0 amide bonds. The molecule has 0 aliphatic heterocycles. The molecule has 1 aliphatic carbocycles. The van der Waals surface area contributed by atoms with Gasteiger partial charge in [0.05, 0.1) is 36.5 Å². The highest BCUT2D eigenvalue weighted by Gasteiger charge is 2.31. The van der Waals surface area contributed by atoms with Gasteiger partial charge in [-0.25, -0.2) is 9.97 Å². The maximum Gasteiger partial charge on any atom is 0.145 e. The molecule has 3 aromatic rings. The van der Waals surface area contributed by atoms with Crippen molar-refractivity contribution in [2.24, 2.45) is 5.92 Å². The van der Waals surface area contributed by atoms with E-state index in [-0.39, 0.29) is 18.1 Å². The van der Waals surface area contributed by atoms with Crippen LogP contribution in [0.1, 0.15) is 31.7 Å². The summed E-state index contributed by atoms with van der Waals surface area (Å²) in [6.07, 6.45) is 9.87. The fraction of sp³-hybridized carbons (Fsp3) is 0.565. The average molecular weight is 453 g/mol. The molecule has 0 saturated heterocycles. The monoisotopic (exact) mass is 452 g/mol. The summed E-state index contributed by atoms with van der Waals surface area (Å²) in [4.78, 5) is 9.01. The van der Waals surface area contributed by atoms with E-state index in [0.717, 1.165) is 54.2 Å². The van der Waals surface area contributed by atoms with Gasteiger partial charge in [-0.05, 0) is 37.3 Å². The molecule has 1 N–H and O–H groups in total. The highest BCUT2D eigenvalue weighted by atomic mass is 28.3. The molecule has 9 heteroatoms. The number of ether oxygens (including phenoxy) is 1. The molecule has 0 aromatic carbocycles. The Morgan fingerprint density at radius 2 is 2.16 bits per heavy atom. The number of aliphatic hydroxyl groups excluding tert-OH is 1. The largest absolute Gasteiger partial charge is 0.393 e. The first kappa shape index (κ1) is 22.6. The Morgan fingerprint density at radius 3 is 2.88 bits per heavy atom. The summed E-state index contributed by atoms with van der Waals surface area (Å²) in [5.41, 5.74) is 2.56. The van der Waals surface area contributed by atoms with Crippen LogP contribution in [0.2, 0.25) is 25.7 Å². The second-order valence-corrected chi connectivity index (χ2v) is 15.6. The van der Waals surface area contributed by atoms with E-state index in [4.69, 9.17) is 4.74 Å². The molecule has 32 heavy (non-hydrogen) atoms. The molecule has 3 atom stereocenters. The molecule has 8 nitrogen and oxygen atoms in total. The van der Waals surface area contributed by atoms with Crippen molar-refractivity contribution in [3.8, 4) is 17.3 Å². The van der Waals surface area contributed by atoms with Crippen LogP contribution in [-0.4, -0.2) is 50.2 Å². The lowest BCUT2D eigenvalue weighted by Gasteiger charge is -2.21. The number of fused-ring (bicyclic) bond motifs is 1. The van der Waals surface area contributed by atoms with E-state index in [0.29, 0.717) is 13.2 Å². The van der Waals surface area contributed by atoms with Crippen LogP contribution in [0.3, 0.4) is 0 Å². The van der Waals surface area contributed by atoms with Crippen molar-refractivity contribution in [3.63, 3.8) is 0 Å². The summed E-state index contributed by atoms with van der Waals surface area (Å²) in [7, 11) is -1.12. The third-order valence-corrected chi connectivity index (χ3v) is 7.99. The van der Waals surface area contributed by atoms with E-state index in [2.05, 4.69) is 40.8 Å². The van der Waals surface area contributed by atoms with Gasteiger partial charge in [0.25, 0.3) is 0 Å². The van der Waals surface area contributed by atoms with Crippen molar-refractivity contribution in [1.29, 1.82) is 5.26 Å². The molecule has 1 aliphatic rings. The van der Waals surface area contributed by atoms with Crippen molar-refractivity contribution in [3.05, 3.63) is 31.0 Å². The predicted molar refractivity (Wildman–Crippen MR) is 125 cm³/mol. The summed E-state index contributed by atoms with van der Waals surface area (Å²) >= 11 is 0. The lowest BCUT2D eigenvalue weighted by atomic mass is 9.96. The first-order valence-corrected chi connectivity index (χ1v) is 15.0. The zero-order chi connectivity index (χ0) is 22.7. The number of rotatable bonds is 9. The molecule has 1 saturated carbocycles. The summed E-state index contributed by atoms with van der Waals surface area (Å²) in [6, 6.07) is 5.41. The van der Waals surface area contributed by atoms with Crippen molar-refractivity contribution in [2.45, 2.75) is 70.2 Å². The summed E-state index contributed by atoms with van der Waals surface area (Å²) in [5, 5.41) is 24.8. The molecule has 0 radical (unpaired) electrons. The number of nitrogens with zero attached hydrogens (tertiary/aromatic N) is 6. The van der Waals surface area contributed by atoms with Gasteiger partial charge in [0, 0.05) is 38.0 Å². The molecule has 4 rings (SSSR count). The van der Waals surface area contributed by atoms with Crippen molar-refractivity contribution in [2.75, 3.05) is 6.61 Å². The van der Waals surface area contributed by atoms with Gasteiger partial charge in [0.15, 0.2) is 0 Å². The fourth-order valence-electron chi connectivity index (χ4n) is 4.43. The normalized spacial score (nSPS) is 20.0. The minimum atomic E-state index is -1.12. The molecule has 170 valence electrons. The van der Waals surface area contributed by atoms with E-state index >= 15 is 0 Å². The van der Waals surface area contributed by atoms with Gasteiger partial charge >= 0.3 is 0 Å². The molecule has 3 heterocycles. The zero-order valence-electron chi connectivity index (χ0n) is 19.1. The van der Waals surface area contributed by atoms with Crippen LogP contribution in [0.15, 0.2) is 31.0 Å². The highest BCUT2D eigenvalue weighted by molar-refractivity contribution is 6.76. The van der Waals surface area contributed by atoms with Gasteiger partial charge in [-0.3, -0.25) is 4.68 Å². The third-order valence-electron chi connectivity index (χ3n) is 6.29. The smallest absolute Gasteiger partial charge is 0.145 e. The van der Waals surface area contributed by atoms with Crippen LogP contribution in [0.25, 0.3) is 22.3 Å². The first-order valence-electron chi connectivity index (χ1n) is 11.3. The molecule has 0 bridgehead atoms. The topological polar surface area (TPSA) is 102 Å². The third kappa shape index (κ3) is 5.09. The van der Waals surface area contributed by atoms with Gasteiger partial charge in [-0.2, -0.15) is 10.4 Å². The number of aliphatic hydroxyl groups is 1. The van der Waals surface area contributed by atoms with E-state index in [1.165, 1.54) is 0 Å². The molecule has 1 fully saturated rings. The Bertz CT molecular complexity index is 1100.